The van der Waals surface area contributed by atoms with Gasteiger partial charge in [0.2, 0.25) is 0 Å². The lowest BCUT2D eigenvalue weighted by Crippen LogP contribution is -2.30. The van der Waals surface area contributed by atoms with Gasteiger partial charge >= 0.3 is 11.9 Å². The van der Waals surface area contributed by atoms with Crippen LogP contribution in [-0.2, 0) is 9.59 Å². The van der Waals surface area contributed by atoms with Crippen molar-refractivity contribution < 1.29 is 19.1 Å². The third kappa shape index (κ3) is 4.29. The summed E-state index contributed by atoms with van der Waals surface area (Å²) in [4.78, 5) is 24.6. The van der Waals surface area contributed by atoms with Crippen LogP contribution in [0.3, 0.4) is 0 Å². The predicted octanol–water partition coefficient (Wildman–Crippen LogP) is 2.35. The highest BCUT2D eigenvalue weighted by Gasteiger charge is 2.21. The Bertz CT molecular complexity index is 541. The summed E-state index contributed by atoms with van der Waals surface area (Å²) in [7, 11) is 2.10. The maximum atomic E-state index is 11.2. The molecule has 1 unspecified atom stereocenters. The Morgan fingerprint density at radius 3 is 2.43 bits per heavy atom. The maximum absolute atomic E-state index is 11.2. The van der Waals surface area contributed by atoms with Gasteiger partial charge in [-0.2, -0.15) is 0 Å². The van der Waals surface area contributed by atoms with E-state index in [0.717, 1.165) is 31.5 Å². The SMILES string of the molecule is CC(=O)Oc1ccc(C2CCCN(C)C2)cc1OC(C)=O. The fourth-order valence-electron chi connectivity index (χ4n) is 2.69. The van der Waals surface area contributed by atoms with Gasteiger partial charge in [0.15, 0.2) is 11.5 Å². The summed E-state index contributed by atoms with van der Waals surface area (Å²) >= 11 is 0. The number of carbonyl (C=O) groups excluding carboxylic acids is 2. The molecule has 0 amide bonds. The van der Waals surface area contributed by atoms with Gasteiger partial charge in [-0.05, 0) is 50.0 Å². The topological polar surface area (TPSA) is 55.8 Å². The standard InChI is InChI=1S/C16H21NO4/c1-11(18)20-15-7-6-13(9-16(15)21-12(2)19)14-5-4-8-17(3)10-14/h6-7,9,14H,4-5,8,10H2,1-3H3. The van der Waals surface area contributed by atoms with E-state index >= 15 is 0 Å². The molecule has 1 heterocycles. The smallest absolute Gasteiger partial charge is 0.308 e. The van der Waals surface area contributed by atoms with Gasteiger partial charge in [-0.15, -0.1) is 0 Å². The Labute approximate surface area is 124 Å². The van der Waals surface area contributed by atoms with Crippen LogP contribution in [0.5, 0.6) is 11.5 Å². The van der Waals surface area contributed by atoms with Gasteiger partial charge in [0.05, 0.1) is 0 Å². The lowest BCUT2D eigenvalue weighted by molar-refractivity contribution is -0.134. The molecule has 2 rings (SSSR count). The van der Waals surface area contributed by atoms with Crippen molar-refractivity contribution in [1.29, 1.82) is 0 Å². The number of ether oxygens (including phenoxy) is 2. The Balaban J connectivity index is 2.27. The largest absolute Gasteiger partial charge is 0.423 e. The highest BCUT2D eigenvalue weighted by Crippen LogP contribution is 2.34. The van der Waals surface area contributed by atoms with E-state index in [-0.39, 0.29) is 5.75 Å². The molecule has 114 valence electrons. The second-order valence-electron chi connectivity index (χ2n) is 5.49. The first kappa shape index (κ1) is 15.5. The molecule has 0 bridgehead atoms. The summed E-state index contributed by atoms with van der Waals surface area (Å²) in [5, 5.41) is 0. The van der Waals surface area contributed by atoms with E-state index in [4.69, 9.17) is 9.47 Å². The Morgan fingerprint density at radius 1 is 1.14 bits per heavy atom. The summed E-state index contributed by atoms with van der Waals surface area (Å²) < 4.78 is 10.3. The Hall–Kier alpha value is -1.88. The van der Waals surface area contributed by atoms with E-state index in [1.165, 1.54) is 13.8 Å². The number of likely N-dealkylation sites (tertiary alicyclic amines) is 1. The molecule has 1 aromatic rings. The Kier molecular flexibility index (Phi) is 4.96. The molecular weight excluding hydrogens is 270 g/mol. The van der Waals surface area contributed by atoms with E-state index in [1.807, 2.05) is 12.1 Å². The van der Waals surface area contributed by atoms with Crippen LogP contribution < -0.4 is 9.47 Å². The van der Waals surface area contributed by atoms with E-state index in [9.17, 15) is 9.59 Å². The maximum Gasteiger partial charge on any atom is 0.308 e. The second-order valence-corrected chi connectivity index (χ2v) is 5.49. The third-order valence-corrected chi connectivity index (χ3v) is 3.57. The molecule has 1 aliphatic rings. The van der Waals surface area contributed by atoms with Crippen molar-refractivity contribution in [1.82, 2.24) is 4.90 Å². The molecule has 0 saturated carbocycles. The summed E-state index contributed by atoms with van der Waals surface area (Å²) in [6.45, 7) is 4.74. The number of esters is 2. The van der Waals surface area contributed by atoms with E-state index < -0.39 is 11.9 Å². The minimum atomic E-state index is -0.437. The van der Waals surface area contributed by atoms with Crippen molar-refractivity contribution >= 4 is 11.9 Å². The van der Waals surface area contributed by atoms with Gasteiger partial charge in [0.25, 0.3) is 0 Å². The molecule has 0 radical (unpaired) electrons. The van der Waals surface area contributed by atoms with E-state index in [0.29, 0.717) is 11.7 Å². The second kappa shape index (κ2) is 6.72. The summed E-state index contributed by atoms with van der Waals surface area (Å²) in [6, 6.07) is 5.45. The van der Waals surface area contributed by atoms with Gasteiger partial charge < -0.3 is 14.4 Å². The lowest BCUT2D eigenvalue weighted by atomic mass is 9.90. The zero-order valence-corrected chi connectivity index (χ0v) is 12.7. The first-order valence-electron chi connectivity index (χ1n) is 7.15. The van der Waals surface area contributed by atoms with Crippen molar-refractivity contribution in [2.75, 3.05) is 20.1 Å². The number of benzene rings is 1. The van der Waals surface area contributed by atoms with Crippen molar-refractivity contribution in [3.63, 3.8) is 0 Å². The van der Waals surface area contributed by atoms with Crippen LogP contribution in [0.1, 0.15) is 38.2 Å². The average molecular weight is 291 g/mol. The number of piperidine rings is 1. The number of hydrogen-bond donors (Lipinski definition) is 0. The van der Waals surface area contributed by atoms with Crippen LogP contribution in [0.15, 0.2) is 18.2 Å². The monoisotopic (exact) mass is 291 g/mol. The number of carbonyl (C=O) groups is 2. The van der Waals surface area contributed by atoms with Gasteiger partial charge in [0.1, 0.15) is 0 Å². The van der Waals surface area contributed by atoms with Crippen LogP contribution in [-0.4, -0.2) is 37.0 Å². The predicted molar refractivity (Wildman–Crippen MR) is 78.5 cm³/mol. The summed E-state index contributed by atoms with van der Waals surface area (Å²) in [5.74, 6) is 0.133. The van der Waals surface area contributed by atoms with Crippen molar-refractivity contribution in [2.45, 2.75) is 32.6 Å². The molecule has 0 aromatic heterocycles. The van der Waals surface area contributed by atoms with Crippen LogP contribution >= 0.6 is 0 Å². The van der Waals surface area contributed by atoms with Crippen molar-refractivity contribution in [3.05, 3.63) is 23.8 Å². The van der Waals surface area contributed by atoms with Crippen LogP contribution in [0.2, 0.25) is 0 Å². The molecule has 5 heteroatoms. The van der Waals surface area contributed by atoms with Crippen LogP contribution in [0, 0.1) is 0 Å². The zero-order valence-electron chi connectivity index (χ0n) is 12.7. The van der Waals surface area contributed by atoms with Gasteiger partial charge in [-0.1, -0.05) is 6.07 Å². The highest BCUT2D eigenvalue weighted by atomic mass is 16.6. The molecule has 5 nitrogen and oxygen atoms in total. The molecule has 1 saturated heterocycles. The molecule has 0 spiro atoms. The van der Waals surface area contributed by atoms with Gasteiger partial charge in [-0.3, -0.25) is 9.59 Å². The molecule has 1 aromatic carbocycles. The quantitative estimate of drug-likeness (QED) is 0.632. The molecule has 1 aliphatic heterocycles. The van der Waals surface area contributed by atoms with Crippen molar-refractivity contribution in [2.24, 2.45) is 0 Å². The Morgan fingerprint density at radius 2 is 1.81 bits per heavy atom. The molecule has 1 fully saturated rings. The fraction of sp³-hybridized carbons (Fsp3) is 0.500. The van der Waals surface area contributed by atoms with Crippen LogP contribution in [0.25, 0.3) is 0 Å². The zero-order chi connectivity index (χ0) is 15.4. The summed E-state index contributed by atoms with van der Waals surface area (Å²) in [6.07, 6.45) is 2.26. The molecule has 0 aliphatic carbocycles. The first-order chi connectivity index (χ1) is 9.95. The van der Waals surface area contributed by atoms with E-state index in [2.05, 4.69) is 11.9 Å². The van der Waals surface area contributed by atoms with Gasteiger partial charge in [0, 0.05) is 20.4 Å². The molecular formula is C16H21NO4. The van der Waals surface area contributed by atoms with Gasteiger partial charge in [-0.25, -0.2) is 0 Å². The molecule has 0 N–H and O–H groups in total. The normalized spacial score (nSPS) is 19.1. The minimum Gasteiger partial charge on any atom is -0.423 e. The minimum absolute atomic E-state index is 0.283. The molecule has 21 heavy (non-hydrogen) atoms. The lowest BCUT2D eigenvalue weighted by Gasteiger charge is -2.30. The van der Waals surface area contributed by atoms with Crippen molar-refractivity contribution in [3.8, 4) is 11.5 Å². The number of likely N-dealkylation sites (N-methyl/N-ethyl adjacent to an activating group) is 1. The molecule has 1 atom stereocenters. The highest BCUT2D eigenvalue weighted by molar-refractivity contribution is 5.73. The third-order valence-electron chi connectivity index (χ3n) is 3.57. The number of hydrogen-bond acceptors (Lipinski definition) is 5. The first-order valence-corrected chi connectivity index (χ1v) is 7.15. The summed E-state index contributed by atoms with van der Waals surface area (Å²) in [5.41, 5.74) is 1.11. The fourth-order valence-corrected chi connectivity index (χ4v) is 2.69. The average Bonchev–Trinajstić information content (AvgIpc) is 2.39. The van der Waals surface area contributed by atoms with E-state index in [1.54, 1.807) is 6.07 Å². The number of nitrogens with zero attached hydrogens (tertiary/aromatic N) is 1. The van der Waals surface area contributed by atoms with Crippen LogP contribution in [0.4, 0.5) is 0 Å². The number of rotatable bonds is 3.